The maximum Gasteiger partial charge on any atom is 0.418 e. The molecule has 0 amide bonds. The first kappa shape index (κ1) is 14.2. The molecule has 22 heavy (non-hydrogen) atoms. The first-order valence-corrected chi connectivity index (χ1v) is 6.23. The summed E-state index contributed by atoms with van der Waals surface area (Å²) in [7, 11) is 1.53. The van der Waals surface area contributed by atoms with Crippen LogP contribution in [-0.2, 0) is 13.2 Å². The SMILES string of the molecule is Cn1ncc(C(=O)O)c1-c1cc2cccc(C(F)(F)F)c2[nH]1. The molecule has 114 valence electrons. The lowest BCUT2D eigenvalue weighted by Crippen LogP contribution is -2.05. The smallest absolute Gasteiger partial charge is 0.418 e. The number of aryl methyl sites for hydroxylation is 1. The van der Waals surface area contributed by atoms with Crippen molar-refractivity contribution in [2.45, 2.75) is 6.18 Å². The van der Waals surface area contributed by atoms with Gasteiger partial charge in [-0.25, -0.2) is 4.79 Å². The Morgan fingerprint density at radius 2 is 2.09 bits per heavy atom. The summed E-state index contributed by atoms with van der Waals surface area (Å²) in [6, 6.07) is 5.30. The van der Waals surface area contributed by atoms with Gasteiger partial charge in [-0.2, -0.15) is 18.3 Å². The zero-order chi connectivity index (χ0) is 16.1. The number of alkyl halides is 3. The quantitative estimate of drug-likeness (QED) is 0.763. The van der Waals surface area contributed by atoms with Crippen LogP contribution in [-0.4, -0.2) is 25.8 Å². The lowest BCUT2D eigenvalue weighted by molar-refractivity contribution is -0.136. The Bertz CT molecular complexity index is 877. The molecule has 2 N–H and O–H groups in total. The van der Waals surface area contributed by atoms with Gasteiger partial charge in [-0.15, -0.1) is 0 Å². The van der Waals surface area contributed by atoms with Crippen LogP contribution in [0.4, 0.5) is 13.2 Å². The number of carboxylic acid groups (broad SMARTS) is 1. The molecule has 0 bridgehead atoms. The Kier molecular flexibility index (Phi) is 2.98. The van der Waals surface area contributed by atoms with Crippen molar-refractivity contribution in [3.63, 3.8) is 0 Å². The number of nitrogens with zero attached hydrogens (tertiary/aromatic N) is 2. The third-order valence-electron chi connectivity index (χ3n) is 3.39. The lowest BCUT2D eigenvalue weighted by atomic mass is 10.1. The van der Waals surface area contributed by atoms with Crippen molar-refractivity contribution in [3.05, 3.63) is 41.6 Å². The number of rotatable bonds is 2. The minimum atomic E-state index is -4.50. The number of halogens is 3. The molecule has 8 heteroatoms. The topological polar surface area (TPSA) is 70.9 Å². The van der Waals surface area contributed by atoms with Gasteiger partial charge in [-0.05, 0) is 12.1 Å². The molecule has 0 unspecified atom stereocenters. The summed E-state index contributed by atoms with van der Waals surface area (Å²) in [5.74, 6) is -1.20. The highest BCUT2D eigenvalue weighted by Crippen LogP contribution is 2.36. The van der Waals surface area contributed by atoms with Crippen LogP contribution >= 0.6 is 0 Å². The van der Waals surface area contributed by atoms with Crippen LogP contribution < -0.4 is 0 Å². The number of carboxylic acids is 1. The second-order valence-electron chi connectivity index (χ2n) is 4.79. The summed E-state index contributed by atoms with van der Waals surface area (Å²) in [5, 5.41) is 13.4. The number of aromatic amines is 1. The molecule has 0 aliphatic carbocycles. The van der Waals surface area contributed by atoms with E-state index in [1.165, 1.54) is 29.9 Å². The monoisotopic (exact) mass is 309 g/mol. The number of benzene rings is 1. The molecule has 5 nitrogen and oxygen atoms in total. The van der Waals surface area contributed by atoms with E-state index in [4.69, 9.17) is 5.11 Å². The van der Waals surface area contributed by atoms with Crippen molar-refractivity contribution in [1.82, 2.24) is 14.8 Å². The van der Waals surface area contributed by atoms with Crippen LogP contribution in [0.3, 0.4) is 0 Å². The average Bonchev–Trinajstić information content (AvgIpc) is 2.99. The molecule has 3 rings (SSSR count). The van der Waals surface area contributed by atoms with Gasteiger partial charge in [0.05, 0.1) is 28.7 Å². The summed E-state index contributed by atoms with van der Waals surface area (Å²) in [4.78, 5) is 13.9. The number of para-hydroxylation sites is 1. The largest absolute Gasteiger partial charge is 0.478 e. The highest BCUT2D eigenvalue weighted by molar-refractivity contribution is 5.96. The van der Waals surface area contributed by atoms with E-state index in [9.17, 15) is 18.0 Å². The predicted octanol–water partition coefficient (Wildman–Crippen LogP) is 3.29. The zero-order valence-electron chi connectivity index (χ0n) is 11.3. The first-order valence-electron chi connectivity index (χ1n) is 6.23. The Labute approximate surface area is 122 Å². The second kappa shape index (κ2) is 4.62. The number of hydrogen-bond donors (Lipinski definition) is 2. The van der Waals surface area contributed by atoms with Gasteiger partial charge in [-0.3, -0.25) is 4.68 Å². The molecule has 0 fully saturated rings. The highest BCUT2D eigenvalue weighted by Gasteiger charge is 2.33. The Morgan fingerprint density at radius 3 is 2.73 bits per heavy atom. The molecule has 0 aliphatic heterocycles. The summed E-state index contributed by atoms with van der Waals surface area (Å²) in [6.07, 6.45) is -3.34. The van der Waals surface area contributed by atoms with Crippen LogP contribution in [0.1, 0.15) is 15.9 Å². The minimum Gasteiger partial charge on any atom is -0.478 e. The average molecular weight is 309 g/mol. The van der Waals surface area contributed by atoms with Gasteiger partial charge in [0.15, 0.2) is 0 Å². The molecule has 0 atom stereocenters. The van der Waals surface area contributed by atoms with Crippen molar-refractivity contribution in [2.75, 3.05) is 0 Å². The van der Waals surface area contributed by atoms with E-state index in [0.717, 1.165) is 12.3 Å². The van der Waals surface area contributed by atoms with Crippen LogP contribution in [0.15, 0.2) is 30.5 Å². The third-order valence-corrected chi connectivity index (χ3v) is 3.39. The summed E-state index contributed by atoms with van der Waals surface area (Å²) >= 11 is 0. The van der Waals surface area contributed by atoms with Crippen LogP contribution in [0.2, 0.25) is 0 Å². The van der Waals surface area contributed by atoms with E-state index in [1.807, 2.05) is 0 Å². The normalized spacial score (nSPS) is 12.0. The Balaban J connectivity index is 2.27. The summed E-state index contributed by atoms with van der Waals surface area (Å²) < 4.78 is 40.4. The molecular formula is C14H10F3N3O2. The summed E-state index contributed by atoms with van der Waals surface area (Å²) in [6.45, 7) is 0. The highest BCUT2D eigenvalue weighted by atomic mass is 19.4. The first-order chi connectivity index (χ1) is 10.3. The van der Waals surface area contributed by atoms with Crippen molar-refractivity contribution < 1.29 is 23.1 Å². The number of fused-ring (bicyclic) bond motifs is 1. The molecule has 2 aromatic heterocycles. The van der Waals surface area contributed by atoms with E-state index < -0.39 is 17.7 Å². The molecule has 0 saturated heterocycles. The van der Waals surface area contributed by atoms with Crippen molar-refractivity contribution >= 4 is 16.9 Å². The van der Waals surface area contributed by atoms with Crippen molar-refractivity contribution in [2.24, 2.45) is 7.05 Å². The number of H-pyrrole nitrogens is 1. The molecule has 3 aromatic rings. The fourth-order valence-corrected chi connectivity index (χ4v) is 2.43. The maximum atomic E-state index is 13.0. The molecule has 0 aliphatic rings. The molecular weight excluding hydrogens is 299 g/mol. The number of hydrogen-bond acceptors (Lipinski definition) is 2. The van der Waals surface area contributed by atoms with E-state index in [0.29, 0.717) is 5.39 Å². The zero-order valence-corrected chi connectivity index (χ0v) is 11.3. The van der Waals surface area contributed by atoms with Crippen LogP contribution in [0.5, 0.6) is 0 Å². The fraction of sp³-hybridized carbons (Fsp3) is 0.143. The van der Waals surface area contributed by atoms with Gasteiger partial charge in [0.2, 0.25) is 0 Å². The van der Waals surface area contributed by atoms with Gasteiger partial charge in [0, 0.05) is 12.4 Å². The van der Waals surface area contributed by atoms with E-state index in [2.05, 4.69) is 10.1 Å². The fourth-order valence-electron chi connectivity index (χ4n) is 2.43. The van der Waals surface area contributed by atoms with Crippen LogP contribution in [0, 0.1) is 0 Å². The van der Waals surface area contributed by atoms with Crippen LogP contribution in [0.25, 0.3) is 22.3 Å². The van der Waals surface area contributed by atoms with Gasteiger partial charge in [-0.1, -0.05) is 12.1 Å². The van der Waals surface area contributed by atoms with E-state index >= 15 is 0 Å². The Morgan fingerprint density at radius 1 is 1.36 bits per heavy atom. The second-order valence-corrected chi connectivity index (χ2v) is 4.79. The standard InChI is InChI=1S/C14H10F3N3O2/c1-20-12(8(6-18-20)13(21)22)10-5-7-3-2-4-9(11(7)19-10)14(15,16)17/h2-6,19H,1H3,(H,21,22). The van der Waals surface area contributed by atoms with Crippen molar-refractivity contribution in [3.8, 4) is 11.4 Å². The molecule has 0 saturated carbocycles. The minimum absolute atomic E-state index is 0.0809. The number of carbonyl (C=O) groups is 1. The number of aromatic carboxylic acids is 1. The van der Waals surface area contributed by atoms with Gasteiger partial charge in [0.25, 0.3) is 0 Å². The van der Waals surface area contributed by atoms with E-state index in [1.54, 1.807) is 0 Å². The Hall–Kier alpha value is -2.77. The molecule has 0 spiro atoms. The van der Waals surface area contributed by atoms with Gasteiger partial charge in [0.1, 0.15) is 5.56 Å². The summed E-state index contributed by atoms with van der Waals surface area (Å²) in [5.41, 5.74) is -0.471. The molecule has 1 aromatic carbocycles. The van der Waals surface area contributed by atoms with Gasteiger partial charge >= 0.3 is 12.1 Å². The van der Waals surface area contributed by atoms with Crippen molar-refractivity contribution in [1.29, 1.82) is 0 Å². The molecule has 2 heterocycles. The van der Waals surface area contributed by atoms with E-state index in [-0.39, 0.29) is 22.5 Å². The number of nitrogens with one attached hydrogen (secondary N) is 1. The molecule has 0 radical (unpaired) electrons. The lowest BCUT2D eigenvalue weighted by Gasteiger charge is -2.07. The third kappa shape index (κ3) is 2.12. The maximum absolute atomic E-state index is 13.0. The predicted molar refractivity (Wildman–Crippen MR) is 72.5 cm³/mol. The number of aromatic nitrogens is 3. The van der Waals surface area contributed by atoms with Gasteiger partial charge < -0.3 is 10.1 Å².